The number of para-hydroxylation sites is 1. The number of rotatable bonds is 5. The first-order chi connectivity index (χ1) is 10.3. The van der Waals surface area contributed by atoms with Gasteiger partial charge in [0.1, 0.15) is 4.88 Å². The van der Waals surface area contributed by atoms with Crippen molar-refractivity contribution in [3.8, 4) is 0 Å². The maximum atomic E-state index is 12.7. The van der Waals surface area contributed by atoms with Crippen LogP contribution >= 0.6 is 11.3 Å². The highest BCUT2D eigenvalue weighted by molar-refractivity contribution is 7.90. The number of hydrogen-bond donors (Lipinski definition) is 0. The average Bonchev–Trinajstić information content (AvgIpc) is 2.97. The fourth-order valence-corrected chi connectivity index (χ4v) is 3.44. The van der Waals surface area contributed by atoms with Crippen molar-refractivity contribution in [1.82, 2.24) is 4.98 Å². The third kappa shape index (κ3) is 3.61. The Hall–Kier alpha value is -1.99. The molecule has 1 amide bonds. The minimum absolute atomic E-state index is 0.120. The monoisotopic (exact) mass is 336 g/mol. The zero-order valence-corrected chi connectivity index (χ0v) is 13.9. The van der Waals surface area contributed by atoms with Crippen LogP contribution in [0, 0.1) is 0 Å². The SMILES string of the molecule is C=C(C)CN(C(=O)c1cncs1)c1ccccc1S(C)(=O)=O. The van der Waals surface area contributed by atoms with Crippen LogP contribution in [0.3, 0.4) is 0 Å². The van der Waals surface area contributed by atoms with Crippen LogP contribution in [0.1, 0.15) is 16.6 Å². The molecular formula is C15H16N2O3S2. The Balaban J connectivity index is 2.56. The van der Waals surface area contributed by atoms with Gasteiger partial charge in [0.2, 0.25) is 0 Å². The van der Waals surface area contributed by atoms with E-state index in [0.29, 0.717) is 10.6 Å². The molecule has 7 heteroatoms. The van der Waals surface area contributed by atoms with Crippen LogP contribution in [0.2, 0.25) is 0 Å². The van der Waals surface area contributed by atoms with Gasteiger partial charge in [0, 0.05) is 12.8 Å². The molecule has 0 aliphatic heterocycles. The number of thiazole rings is 1. The zero-order chi connectivity index (χ0) is 16.3. The minimum Gasteiger partial charge on any atom is -0.302 e. The smallest absolute Gasteiger partial charge is 0.270 e. The van der Waals surface area contributed by atoms with Crippen molar-refractivity contribution < 1.29 is 13.2 Å². The summed E-state index contributed by atoms with van der Waals surface area (Å²) in [4.78, 5) is 18.6. The van der Waals surface area contributed by atoms with Crippen molar-refractivity contribution in [2.24, 2.45) is 0 Å². The molecule has 0 aliphatic rings. The second kappa shape index (κ2) is 6.41. The topological polar surface area (TPSA) is 67.3 Å². The molecule has 0 bridgehead atoms. The fraction of sp³-hybridized carbons (Fsp3) is 0.200. The van der Waals surface area contributed by atoms with Gasteiger partial charge in [-0.3, -0.25) is 9.78 Å². The lowest BCUT2D eigenvalue weighted by Gasteiger charge is -2.24. The summed E-state index contributed by atoms with van der Waals surface area (Å²) in [6.45, 7) is 5.85. The van der Waals surface area contributed by atoms with Crippen LogP contribution in [0.4, 0.5) is 5.69 Å². The van der Waals surface area contributed by atoms with Crippen LogP contribution in [0.15, 0.2) is 53.0 Å². The summed E-state index contributed by atoms with van der Waals surface area (Å²) in [5.74, 6) is -0.290. The maximum absolute atomic E-state index is 12.7. The van der Waals surface area contributed by atoms with Gasteiger partial charge in [-0.2, -0.15) is 0 Å². The molecule has 0 N–H and O–H groups in total. The number of amides is 1. The first-order valence-corrected chi connectivity index (χ1v) is 9.21. The molecule has 0 aliphatic carbocycles. The van der Waals surface area contributed by atoms with E-state index in [9.17, 15) is 13.2 Å². The molecule has 0 fully saturated rings. The van der Waals surface area contributed by atoms with E-state index < -0.39 is 9.84 Å². The summed E-state index contributed by atoms with van der Waals surface area (Å²) in [5.41, 5.74) is 2.67. The van der Waals surface area contributed by atoms with E-state index in [1.165, 1.54) is 28.5 Å². The van der Waals surface area contributed by atoms with Crippen molar-refractivity contribution in [3.63, 3.8) is 0 Å². The highest BCUT2D eigenvalue weighted by atomic mass is 32.2. The Labute approximate surface area is 133 Å². The molecule has 116 valence electrons. The van der Waals surface area contributed by atoms with Gasteiger partial charge in [0.15, 0.2) is 9.84 Å². The van der Waals surface area contributed by atoms with Gasteiger partial charge in [0.25, 0.3) is 5.91 Å². The molecular weight excluding hydrogens is 320 g/mol. The average molecular weight is 336 g/mol. The molecule has 0 spiro atoms. The molecule has 2 aromatic rings. The fourth-order valence-electron chi connectivity index (χ4n) is 1.98. The molecule has 2 rings (SSSR count). The number of carbonyl (C=O) groups is 1. The van der Waals surface area contributed by atoms with Gasteiger partial charge >= 0.3 is 0 Å². The summed E-state index contributed by atoms with van der Waals surface area (Å²) in [5, 5.41) is 0. The van der Waals surface area contributed by atoms with E-state index in [4.69, 9.17) is 0 Å². The number of aromatic nitrogens is 1. The van der Waals surface area contributed by atoms with Crippen LogP contribution < -0.4 is 4.90 Å². The van der Waals surface area contributed by atoms with E-state index in [-0.39, 0.29) is 17.3 Å². The van der Waals surface area contributed by atoms with E-state index in [0.717, 1.165) is 11.8 Å². The summed E-state index contributed by atoms with van der Waals surface area (Å²) < 4.78 is 24.0. The molecule has 1 heterocycles. The standard InChI is InChI=1S/C15H16N2O3S2/c1-11(2)9-17(15(18)13-8-16-10-21-13)12-6-4-5-7-14(12)22(3,19)20/h4-8,10H,1,9H2,2-3H3. The molecule has 1 aromatic carbocycles. The normalized spacial score (nSPS) is 11.2. The first kappa shape index (κ1) is 16.4. The first-order valence-electron chi connectivity index (χ1n) is 6.44. The molecule has 0 radical (unpaired) electrons. The Morgan fingerprint density at radius 1 is 1.36 bits per heavy atom. The largest absolute Gasteiger partial charge is 0.302 e. The van der Waals surface area contributed by atoms with Crippen molar-refractivity contribution in [2.45, 2.75) is 11.8 Å². The lowest BCUT2D eigenvalue weighted by atomic mass is 10.2. The van der Waals surface area contributed by atoms with E-state index in [1.807, 2.05) is 0 Å². The predicted molar refractivity (Wildman–Crippen MR) is 88.2 cm³/mol. The highest BCUT2D eigenvalue weighted by Gasteiger charge is 2.24. The molecule has 0 atom stereocenters. The third-order valence-electron chi connectivity index (χ3n) is 2.87. The molecule has 0 unspecified atom stereocenters. The third-order valence-corrected chi connectivity index (χ3v) is 4.78. The van der Waals surface area contributed by atoms with Crippen molar-refractivity contribution in [1.29, 1.82) is 0 Å². The number of anilines is 1. The number of nitrogens with zero attached hydrogens (tertiary/aromatic N) is 2. The number of benzene rings is 1. The molecule has 0 saturated carbocycles. The van der Waals surface area contributed by atoms with Gasteiger partial charge in [0.05, 0.1) is 22.3 Å². The number of sulfone groups is 1. The van der Waals surface area contributed by atoms with Gasteiger partial charge in [-0.05, 0) is 19.1 Å². The second-order valence-corrected chi connectivity index (χ2v) is 7.82. The van der Waals surface area contributed by atoms with E-state index in [1.54, 1.807) is 30.6 Å². The minimum atomic E-state index is -3.45. The molecule has 0 saturated heterocycles. The Bertz CT molecular complexity index is 796. The Morgan fingerprint density at radius 3 is 2.59 bits per heavy atom. The second-order valence-electron chi connectivity index (χ2n) is 4.95. The molecule has 5 nitrogen and oxygen atoms in total. The van der Waals surface area contributed by atoms with Crippen molar-refractivity contribution in [2.75, 3.05) is 17.7 Å². The van der Waals surface area contributed by atoms with Gasteiger partial charge in [-0.25, -0.2) is 8.42 Å². The summed E-state index contributed by atoms with van der Waals surface area (Å²) in [6.07, 6.45) is 2.60. The molecule has 1 aromatic heterocycles. The predicted octanol–water partition coefficient (Wildman–Crippen LogP) is 2.77. The van der Waals surface area contributed by atoms with Gasteiger partial charge < -0.3 is 4.90 Å². The van der Waals surface area contributed by atoms with Gasteiger partial charge in [-0.15, -0.1) is 11.3 Å². The van der Waals surface area contributed by atoms with E-state index >= 15 is 0 Å². The highest BCUT2D eigenvalue weighted by Crippen LogP contribution is 2.27. The lowest BCUT2D eigenvalue weighted by Crippen LogP contribution is -2.33. The summed E-state index contributed by atoms with van der Waals surface area (Å²) in [6, 6.07) is 6.46. The van der Waals surface area contributed by atoms with Gasteiger partial charge in [-0.1, -0.05) is 24.3 Å². The summed E-state index contributed by atoms with van der Waals surface area (Å²) in [7, 11) is -3.45. The van der Waals surface area contributed by atoms with Crippen LogP contribution in [-0.2, 0) is 9.84 Å². The Morgan fingerprint density at radius 2 is 2.05 bits per heavy atom. The number of hydrogen-bond acceptors (Lipinski definition) is 5. The molecule has 22 heavy (non-hydrogen) atoms. The quantitative estimate of drug-likeness (QED) is 0.788. The Kier molecular flexibility index (Phi) is 4.77. The van der Waals surface area contributed by atoms with Crippen LogP contribution in [-0.4, -0.2) is 32.1 Å². The van der Waals surface area contributed by atoms with Crippen molar-refractivity contribution in [3.05, 3.63) is 53.0 Å². The van der Waals surface area contributed by atoms with E-state index in [2.05, 4.69) is 11.6 Å². The van der Waals surface area contributed by atoms with Crippen LogP contribution in [0.25, 0.3) is 0 Å². The number of carbonyl (C=O) groups excluding carboxylic acids is 1. The summed E-state index contributed by atoms with van der Waals surface area (Å²) >= 11 is 1.21. The zero-order valence-electron chi connectivity index (χ0n) is 12.3. The lowest BCUT2D eigenvalue weighted by molar-refractivity contribution is 0.0992. The maximum Gasteiger partial charge on any atom is 0.270 e. The van der Waals surface area contributed by atoms with Crippen LogP contribution in [0.5, 0.6) is 0 Å². The van der Waals surface area contributed by atoms with Crippen molar-refractivity contribution >= 4 is 32.8 Å².